The Labute approximate surface area is 386 Å². The van der Waals surface area contributed by atoms with Crippen molar-refractivity contribution in [2.24, 2.45) is 0 Å². The molecular weight excluding hydrogens is 781 g/mol. The summed E-state index contributed by atoms with van der Waals surface area (Å²) in [7, 11) is 0. The largest absolute Gasteiger partial charge is 0.462 e. The normalized spacial score (nSPS) is 13.1. The fraction of sp³-hybridized carbons (Fsp3) is 0.596. The van der Waals surface area contributed by atoms with Crippen LogP contribution in [0.15, 0.2) is 122 Å². The van der Waals surface area contributed by atoms with E-state index in [0.29, 0.717) is 19.3 Å². The van der Waals surface area contributed by atoms with Crippen LogP contribution >= 0.6 is 0 Å². The van der Waals surface area contributed by atoms with E-state index in [1.54, 1.807) is 0 Å². The van der Waals surface area contributed by atoms with Gasteiger partial charge in [-0.3, -0.25) is 14.4 Å². The van der Waals surface area contributed by atoms with Gasteiger partial charge in [0.1, 0.15) is 13.2 Å². The van der Waals surface area contributed by atoms with Crippen LogP contribution in [-0.4, -0.2) is 37.2 Å². The lowest BCUT2D eigenvalue weighted by atomic mass is 10.0. The van der Waals surface area contributed by atoms with E-state index in [-0.39, 0.29) is 44.0 Å². The third kappa shape index (κ3) is 48.7. The maximum atomic E-state index is 12.8. The lowest BCUT2D eigenvalue weighted by molar-refractivity contribution is -0.166. The molecule has 0 aliphatic heterocycles. The lowest BCUT2D eigenvalue weighted by Gasteiger charge is -2.18. The zero-order valence-electron chi connectivity index (χ0n) is 40.3. The van der Waals surface area contributed by atoms with Crippen molar-refractivity contribution >= 4 is 17.9 Å². The van der Waals surface area contributed by atoms with Crippen molar-refractivity contribution in [2.75, 3.05) is 13.2 Å². The molecule has 0 saturated carbocycles. The maximum Gasteiger partial charge on any atom is 0.306 e. The molecule has 1 atom stereocenters. The monoisotopic (exact) mass is 871 g/mol. The van der Waals surface area contributed by atoms with Crippen LogP contribution in [0.5, 0.6) is 0 Å². The number of unbranched alkanes of at least 4 members (excludes halogenated alkanes) is 16. The predicted molar refractivity (Wildman–Crippen MR) is 269 cm³/mol. The average molecular weight is 871 g/mol. The van der Waals surface area contributed by atoms with Gasteiger partial charge in [-0.1, -0.05) is 239 Å². The molecule has 0 saturated heterocycles. The van der Waals surface area contributed by atoms with Gasteiger partial charge in [-0.25, -0.2) is 0 Å². The summed E-state index contributed by atoms with van der Waals surface area (Å²) in [4.78, 5) is 37.9. The standard InChI is InChI=1S/C57H90O6/c1-4-7-10-13-16-19-22-25-27-29-32-35-38-41-44-47-50-56(59)62-53-54(52-61-55(58)49-46-43-40-37-34-31-24-21-18-15-12-9-6-3)63-57(60)51-48-45-42-39-36-33-30-28-26-23-20-17-14-11-8-5-2/h7,9-10,12,15-16,18-19,21,24-25,27,31-32,34-35,37,40-41,44,54H,4-6,8,11,13-14,17,20,22-23,26,28-30,33,36,38-39,42-43,45-53H2,1-3H3/b10-7-,12-9-,18-15-,19-16-,24-21-,27-25-,34-31-,35-32-,40-37-,44-41-. The number of carbonyl (C=O) groups excluding carboxylic acids is 3. The van der Waals surface area contributed by atoms with Crippen molar-refractivity contribution in [2.45, 2.75) is 207 Å². The van der Waals surface area contributed by atoms with Gasteiger partial charge in [0.15, 0.2) is 6.10 Å². The maximum absolute atomic E-state index is 12.8. The minimum Gasteiger partial charge on any atom is -0.462 e. The van der Waals surface area contributed by atoms with E-state index in [1.807, 2.05) is 66.8 Å². The van der Waals surface area contributed by atoms with E-state index in [2.05, 4.69) is 75.5 Å². The summed E-state index contributed by atoms with van der Waals surface area (Å²) in [5.41, 5.74) is 0. The second-order valence-corrected chi connectivity index (χ2v) is 16.1. The molecule has 6 heteroatoms. The van der Waals surface area contributed by atoms with Gasteiger partial charge < -0.3 is 14.2 Å². The average Bonchev–Trinajstić information content (AvgIpc) is 3.28. The van der Waals surface area contributed by atoms with Crippen LogP contribution in [0.4, 0.5) is 0 Å². The van der Waals surface area contributed by atoms with Crippen molar-refractivity contribution in [3.8, 4) is 0 Å². The van der Waals surface area contributed by atoms with E-state index in [4.69, 9.17) is 14.2 Å². The first-order chi connectivity index (χ1) is 31.0. The highest BCUT2D eigenvalue weighted by Gasteiger charge is 2.19. The number of esters is 3. The van der Waals surface area contributed by atoms with Crippen LogP contribution < -0.4 is 0 Å². The highest BCUT2D eigenvalue weighted by atomic mass is 16.6. The fourth-order valence-corrected chi connectivity index (χ4v) is 6.40. The number of hydrogen-bond donors (Lipinski definition) is 0. The Kier molecular flexibility index (Phi) is 47.1. The molecule has 0 fully saturated rings. The fourth-order valence-electron chi connectivity index (χ4n) is 6.40. The summed E-state index contributed by atoms with van der Waals surface area (Å²) >= 11 is 0. The molecule has 0 aliphatic rings. The van der Waals surface area contributed by atoms with E-state index >= 15 is 0 Å². The Bertz CT molecular complexity index is 1370. The van der Waals surface area contributed by atoms with Crippen LogP contribution in [0.25, 0.3) is 0 Å². The minimum absolute atomic E-state index is 0.140. The second-order valence-electron chi connectivity index (χ2n) is 16.1. The molecule has 1 unspecified atom stereocenters. The van der Waals surface area contributed by atoms with Gasteiger partial charge in [-0.15, -0.1) is 0 Å². The van der Waals surface area contributed by atoms with Gasteiger partial charge in [-0.05, 0) is 64.2 Å². The summed E-state index contributed by atoms with van der Waals surface area (Å²) in [5.74, 6) is -1.10. The molecule has 0 aromatic heterocycles. The molecule has 0 bridgehead atoms. The first-order valence-corrected chi connectivity index (χ1v) is 25.1. The van der Waals surface area contributed by atoms with Gasteiger partial charge in [0.25, 0.3) is 0 Å². The lowest BCUT2D eigenvalue weighted by Crippen LogP contribution is -2.30. The molecule has 0 rings (SSSR count). The predicted octanol–water partition coefficient (Wildman–Crippen LogP) is 16.5. The molecule has 0 heterocycles. The molecule has 0 amide bonds. The number of allylic oxidation sites excluding steroid dienone is 20. The summed E-state index contributed by atoms with van der Waals surface area (Å²) in [6, 6.07) is 0. The molecule has 354 valence electrons. The summed E-state index contributed by atoms with van der Waals surface area (Å²) in [6.07, 6.45) is 69.2. The quantitative estimate of drug-likeness (QED) is 0.0200. The summed E-state index contributed by atoms with van der Waals surface area (Å²) < 4.78 is 16.6. The molecule has 0 aromatic rings. The number of rotatable bonds is 43. The Hall–Kier alpha value is -4.19. The highest BCUT2D eigenvalue weighted by molar-refractivity contribution is 5.71. The van der Waals surface area contributed by atoms with Gasteiger partial charge in [0.05, 0.1) is 0 Å². The Balaban J connectivity index is 4.59. The molecule has 0 spiro atoms. The second kappa shape index (κ2) is 50.5. The van der Waals surface area contributed by atoms with Crippen molar-refractivity contribution < 1.29 is 28.6 Å². The Morgan fingerprint density at radius 2 is 0.730 bits per heavy atom. The van der Waals surface area contributed by atoms with Gasteiger partial charge in [0.2, 0.25) is 0 Å². The smallest absolute Gasteiger partial charge is 0.306 e. The summed E-state index contributed by atoms with van der Waals surface area (Å²) in [6.45, 7) is 6.24. The van der Waals surface area contributed by atoms with E-state index in [1.165, 1.54) is 83.5 Å². The zero-order chi connectivity index (χ0) is 45.8. The van der Waals surface area contributed by atoms with Gasteiger partial charge in [-0.2, -0.15) is 0 Å². The summed E-state index contributed by atoms with van der Waals surface area (Å²) in [5, 5.41) is 0. The highest BCUT2D eigenvalue weighted by Crippen LogP contribution is 2.15. The van der Waals surface area contributed by atoms with Crippen molar-refractivity contribution in [1.29, 1.82) is 0 Å². The van der Waals surface area contributed by atoms with Crippen LogP contribution in [0, 0.1) is 0 Å². The van der Waals surface area contributed by atoms with Crippen molar-refractivity contribution in [3.63, 3.8) is 0 Å². The van der Waals surface area contributed by atoms with E-state index in [9.17, 15) is 14.4 Å². The Morgan fingerprint density at radius 1 is 0.349 bits per heavy atom. The molecular formula is C57H90O6. The third-order valence-corrected chi connectivity index (χ3v) is 10.1. The Morgan fingerprint density at radius 3 is 1.21 bits per heavy atom. The van der Waals surface area contributed by atoms with E-state index < -0.39 is 6.10 Å². The number of ether oxygens (including phenoxy) is 3. The molecule has 0 aromatic carbocycles. The third-order valence-electron chi connectivity index (χ3n) is 10.1. The van der Waals surface area contributed by atoms with Gasteiger partial charge >= 0.3 is 17.9 Å². The molecule has 63 heavy (non-hydrogen) atoms. The molecule has 0 aliphatic carbocycles. The van der Waals surface area contributed by atoms with E-state index in [0.717, 1.165) is 64.2 Å². The molecule has 0 radical (unpaired) electrons. The van der Waals surface area contributed by atoms with Crippen LogP contribution in [0.2, 0.25) is 0 Å². The minimum atomic E-state index is -0.837. The first kappa shape index (κ1) is 58.8. The van der Waals surface area contributed by atoms with Crippen molar-refractivity contribution in [1.82, 2.24) is 0 Å². The van der Waals surface area contributed by atoms with Gasteiger partial charge in [0, 0.05) is 19.3 Å². The zero-order valence-corrected chi connectivity index (χ0v) is 40.3. The van der Waals surface area contributed by atoms with Crippen molar-refractivity contribution in [3.05, 3.63) is 122 Å². The topological polar surface area (TPSA) is 78.9 Å². The first-order valence-electron chi connectivity index (χ1n) is 25.1. The van der Waals surface area contributed by atoms with Crippen LogP contribution in [-0.2, 0) is 28.6 Å². The van der Waals surface area contributed by atoms with Crippen LogP contribution in [0.3, 0.4) is 0 Å². The molecule has 6 nitrogen and oxygen atoms in total. The number of carbonyl (C=O) groups is 3. The SMILES string of the molecule is CC\C=C/C=C\C=C/C=C\C=C/CCCC(=O)OCC(COC(=O)CC/C=C\C/C=C\C/C=C\C/C=C\C/C=C\CC)OC(=O)CCCCCCCCCCCCCCCCCC. The number of hydrogen-bond acceptors (Lipinski definition) is 6. The van der Waals surface area contributed by atoms with Crippen LogP contribution in [0.1, 0.15) is 201 Å². The molecule has 0 N–H and O–H groups in total.